The summed E-state index contributed by atoms with van der Waals surface area (Å²) in [5.41, 5.74) is 1.03. The average molecular weight is 436 g/mol. The van der Waals surface area contributed by atoms with E-state index in [1.165, 1.54) is 12.1 Å². The van der Waals surface area contributed by atoms with Gasteiger partial charge in [0.1, 0.15) is 5.82 Å². The van der Waals surface area contributed by atoms with Crippen LogP contribution in [0.5, 0.6) is 0 Å². The van der Waals surface area contributed by atoms with Crippen LogP contribution in [0.25, 0.3) is 10.9 Å². The number of H-pyrrole nitrogens is 1. The van der Waals surface area contributed by atoms with Crippen molar-refractivity contribution in [2.24, 2.45) is 0 Å². The van der Waals surface area contributed by atoms with Crippen LogP contribution < -0.4 is 0 Å². The molecule has 1 amide bonds. The van der Waals surface area contributed by atoms with E-state index < -0.39 is 0 Å². The predicted molar refractivity (Wildman–Crippen MR) is 92.6 cm³/mol. The lowest BCUT2D eigenvalue weighted by molar-refractivity contribution is 0.0605. The van der Waals surface area contributed by atoms with Gasteiger partial charge in [0.2, 0.25) is 0 Å². The maximum absolute atomic E-state index is 13.4. The Kier molecular flexibility index (Phi) is 5.24. The highest BCUT2D eigenvalue weighted by molar-refractivity contribution is 8.93. The summed E-state index contributed by atoms with van der Waals surface area (Å²) >= 11 is 0. The number of aromatic amines is 1. The van der Waals surface area contributed by atoms with Gasteiger partial charge in [0, 0.05) is 37.6 Å². The third kappa shape index (κ3) is 2.79. The van der Waals surface area contributed by atoms with Crippen molar-refractivity contribution in [2.45, 2.75) is 12.5 Å². The van der Waals surface area contributed by atoms with E-state index >= 15 is 0 Å². The first-order valence-corrected chi connectivity index (χ1v) is 6.89. The fourth-order valence-electron chi connectivity index (χ4n) is 3.25. The number of fused-ring (bicyclic) bond motifs is 3. The summed E-state index contributed by atoms with van der Waals surface area (Å²) in [5, 5.41) is 7.47. The highest BCUT2D eigenvalue weighted by atomic mass is 79.9. The van der Waals surface area contributed by atoms with E-state index in [0.29, 0.717) is 16.6 Å². The summed E-state index contributed by atoms with van der Waals surface area (Å²) in [7, 11) is 0. The zero-order valence-corrected chi connectivity index (χ0v) is 15.2. The third-order valence-corrected chi connectivity index (χ3v) is 4.33. The lowest BCUT2D eigenvalue weighted by Gasteiger charge is -2.33. The van der Waals surface area contributed by atoms with Crippen LogP contribution in [-0.4, -0.2) is 58.1 Å². The minimum absolute atomic E-state index is 0. The summed E-state index contributed by atoms with van der Waals surface area (Å²) in [5.74, 6) is -0.438. The molecule has 0 aliphatic carbocycles. The van der Waals surface area contributed by atoms with Gasteiger partial charge in [0.25, 0.3) is 5.91 Å². The summed E-state index contributed by atoms with van der Waals surface area (Å²) < 4.78 is 13.4. The Morgan fingerprint density at radius 3 is 2.91 bits per heavy atom. The van der Waals surface area contributed by atoms with Crippen molar-refractivity contribution in [1.82, 2.24) is 20.0 Å². The molecule has 0 saturated carbocycles. The molecule has 4 rings (SSSR count). The fourth-order valence-corrected chi connectivity index (χ4v) is 3.25. The number of hydrogen-bond donors (Lipinski definition) is 1. The number of hydrogen-bond acceptors (Lipinski definition) is 3. The van der Waals surface area contributed by atoms with Crippen molar-refractivity contribution in [3.8, 4) is 0 Å². The Labute approximate surface area is 148 Å². The van der Waals surface area contributed by atoms with Gasteiger partial charge < -0.3 is 4.90 Å². The summed E-state index contributed by atoms with van der Waals surface area (Å²) in [6.07, 6.45) is 1.02. The van der Waals surface area contributed by atoms with Gasteiger partial charge in [-0.25, -0.2) is 4.39 Å². The normalized spacial score (nSPS) is 23.0. The second kappa shape index (κ2) is 6.64. The number of nitrogens with one attached hydrogen (secondary N) is 1. The molecule has 2 atom stereocenters. The second-order valence-electron chi connectivity index (χ2n) is 5.50. The summed E-state index contributed by atoms with van der Waals surface area (Å²) in [6, 6.07) is 4.63. The second-order valence-corrected chi connectivity index (χ2v) is 5.50. The molecule has 3 heterocycles. The van der Waals surface area contributed by atoms with Crippen molar-refractivity contribution in [1.29, 1.82) is 0 Å². The van der Waals surface area contributed by atoms with Crippen LogP contribution in [-0.2, 0) is 0 Å². The standard InChI is InChI=1S/C14H15FN4O.2BrH/c15-9-1-2-12-11(7-9)13(17-16-12)14(20)19-6-5-18-4-3-10(19)8-18;;/h1-2,7,10H,3-6,8H2,(H,16,17);2*1H/t10-;;/m0../s1. The van der Waals surface area contributed by atoms with Gasteiger partial charge in [0.15, 0.2) is 5.69 Å². The molecule has 1 aromatic heterocycles. The van der Waals surface area contributed by atoms with Gasteiger partial charge in [0.05, 0.1) is 5.52 Å². The molecule has 0 spiro atoms. The lowest BCUT2D eigenvalue weighted by Crippen LogP contribution is -2.49. The molecule has 0 radical (unpaired) electrons. The van der Waals surface area contributed by atoms with Gasteiger partial charge >= 0.3 is 0 Å². The van der Waals surface area contributed by atoms with Gasteiger partial charge in [-0.2, -0.15) is 5.10 Å². The van der Waals surface area contributed by atoms with E-state index in [1.54, 1.807) is 6.07 Å². The molecule has 1 N–H and O–H groups in total. The fraction of sp³-hybridized carbons (Fsp3) is 0.429. The zero-order valence-electron chi connectivity index (χ0n) is 11.8. The van der Waals surface area contributed by atoms with E-state index in [1.807, 2.05) is 4.90 Å². The highest BCUT2D eigenvalue weighted by Crippen LogP contribution is 2.24. The van der Waals surface area contributed by atoms with E-state index in [4.69, 9.17) is 0 Å². The van der Waals surface area contributed by atoms with Crippen LogP contribution in [0.2, 0.25) is 0 Å². The molecule has 1 aromatic carbocycles. The molecule has 2 aliphatic rings. The van der Waals surface area contributed by atoms with Gasteiger partial charge in [-0.15, -0.1) is 34.0 Å². The third-order valence-electron chi connectivity index (χ3n) is 4.33. The Bertz CT molecular complexity index is 693. The minimum Gasteiger partial charge on any atom is -0.332 e. The molecule has 8 heteroatoms. The Morgan fingerprint density at radius 2 is 2.09 bits per heavy atom. The Hall–Kier alpha value is -0.990. The van der Waals surface area contributed by atoms with E-state index in [-0.39, 0.29) is 51.7 Å². The molecule has 2 aromatic rings. The minimum atomic E-state index is -0.348. The SMILES string of the molecule is Br.Br.O=C(c1n[nH]c2ccc(F)cc12)N1CCN2CC[C@H]1C2. The van der Waals surface area contributed by atoms with Crippen LogP contribution >= 0.6 is 34.0 Å². The smallest absolute Gasteiger partial charge is 0.275 e. The van der Waals surface area contributed by atoms with Crippen LogP contribution in [0.4, 0.5) is 4.39 Å². The maximum atomic E-state index is 13.4. The molecule has 2 bridgehead atoms. The molecule has 2 fully saturated rings. The van der Waals surface area contributed by atoms with Crippen LogP contribution in [0.1, 0.15) is 16.9 Å². The number of nitrogens with zero attached hydrogens (tertiary/aromatic N) is 3. The van der Waals surface area contributed by atoms with E-state index in [0.717, 1.165) is 32.6 Å². The van der Waals surface area contributed by atoms with E-state index in [2.05, 4.69) is 15.1 Å². The lowest BCUT2D eigenvalue weighted by atomic mass is 10.1. The first-order valence-electron chi connectivity index (χ1n) is 6.89. The highest BCUT2D eigenvalue weighted by Gasteiger charge is 2.36. The average Bonchev–Trinajstić information content (AvgIpc) is 3.02. The summed E-state index contributed by atoms with van der Waals surface area (Å²) in [4.78, 5) is 16.9. The molecule has 1 unspecified atom stereocenters. The first kappa shape index (κ1) is 17.4. The number of carbonyl (C=O) groups is 1. The van der Waals surface area contributed by atoms with E-state index in [9.17, 15) is 9.18 Å². The zero-order chi connectivity index (χ0) is 13.7. The van der Waals surface area contributed by atoms with Gasteiger partial charge in [-0.1, -0.05) is 0 Å². The largest absolute Gasteiger partial charge is 0.332 e. The maximum Gasteiger partial charge on any atom is 0.275 e. The predicted octanol–water partition coefficient (Wildman–Crippen LogP) is 2.39. The topological polar surface area (TPSA) is 52.2 Å². The van der Waals surface area contributed by atoms with Crippen LogP contribution in [0.3, 0.4) is 0 Å². The molecule has 120 valence electrons. The van der Waals surface area contributed by atoms with Crippen molar-refractivity contribution < 1.29 is 9.18 Å². The number of aromatic nitrogens is 2. The Morgan fingerprint density at radius 1 is 1.27 bits per heavy atom. The number of amides is 1. The monoisotopic (exact) mass is 434 g/mol. The van der Waals surface area contributed by atoms with Crippen molar-refractivity contribution in [3.05, 3.63) is 29.7 Å². The molecule has 22 heavy (non-hydrogen) atoms. The number of piperazine rings is 1. The quantitative estimate of drug-likeness (QED) is 0.748. The molecule has 5 nitrogen and oxygen atoms in total. The summed E-state index contributed by atoms with van der Waals surface area (Å²) in [6.45, 7) is 3.65. The molecular formula is C14H17Br2FN4O. The van der Waals surface area contributed by atoms with Crippen LogP contribution in [0.15, 0.2) is 18.2 Å². The number of rotatable bonds is 1. The molecule has 2 saturated heterocycles. The van der Waals surface area contributed by atoms with Crippen LogP contribution in [0, 0.1) is 5.82 Å². The van der Waals surface area contributed by atoms with Crippen molar-refractivity contribution in [3.63, 3.8) is 0 Å². The van der Waals surface area contributed by atoms with Crippen molar-refractivity contribution >= 4 is 50.8 Å². The van der Waals surface area contributed by atoms with Gasteiger partial charge in [-0.3, -0.25) is 14.8 Å². The Balaban J connectivity index is 0.000000882. The molecular weight excluding hydrogens is 419 g/mol. The number of benzene rings is 1. The van der Waals surface area contributed by atoms with Crippen molar-refractivity contribution in [2.75, 3.05) is 26.2 Å². The molecule has 2 aliphatic heterocycles. The number of halogens is 3. The first-order chi connectivity index (χ1) is 9.72. The number of carbonyl (C=O) groups excluding carboxylic acids is 1. The van der Waals surface area contributed by atoms with Gasteiger partial charge in [-0.05, 0) is 24.6 Å².